The topological polar surface area (TPSA) is 108 Å². The zero-order valence-electron chi connectivity index (χ0n) is 17.3. The third-order valence-electron chi connectivity index (χ3n) is 5.41. The number of halogens is 1. The molecule has 0 saturated heterocycles. The normalized spacial score (nSPS) is 13.8. The van der Waals surface area contributed by atoms with Crippen LogP contribution in [0.25, 0.3) is 11.3 Å². The van der Waals surface area contributed by atoms with E-state index < -0.39 is 17.4 Å². The molecule has 164 valence electrons. The Morgan fingerprint density at radius 2 is 1.69 bits per heavy atom. The Kier molecular flexibility index (Phi) is 5.71. The van der Waals surface area contributed by atoms with Crippen LogP contribution in [0.3, 0.4) is 0 Å². The number of amides is 1. The van der Waals surface area contributed by atoms with E-state index >= 15 is 0 Å². The molecule has 1 aliphatic carbocycles. The van der Waals surface area contributed by atoms with Gasteiger partial charge in [-0.2, -0.15) is 0 Å². The van der Waals surface area contributed by atoms with E-state index in [1.165, 1.54) is 32.4 Å². The van der Waals surface area contributed by atoms with Crippen LogP contribution in [-0.2, 0) is 19.7 Å². The van der Waals surface area contributed by atoms with Crippen LogP contribution >= 0.6 is 11.6 Å². The number of nitrogens with zero attached hydrogens (tertiary/aromatic N) is 1. The van der Waals surface area contributed by atoms with Crippen molar-refractivity contribution in [2.24, 2.45) is 0 Å². The molecule has 1 N–H and O–H groups in total. The minimum absolute atomic E-state index is 0.117. The second-order valence-electron chi connectivity index (χ2n) is 7.36. The van der Waals surface area contributed by atoms with Crippen molar-refractivity contribution in [1.82, 2.24) is 5.16 Å². The fourth-order valence-electron chi connectivity index (χ4n) is 3.40. The first kappa shape index (κ1) is 21.6. The highest BCUT2D eigenvalue weighted by Crippen LogP contribution is 2.49. The smallest absolute Gasteiger partial charge is 0.339 e. The van der Waals surface area contributed by atoms with Crippen LogP contribution < -0.4 is 5.32 Å². The van der Waals surface area contributed by atoms with Crippen molar-refractivity contribution in [1.29, 1.82) is 0 Å². The maximum atomic E-state index is 13.2. The van der Waals surface area contributed by atoms with Crippen molar-refractivity contribution >= 4 is 35.1 Å². The predicted molar refractivity (Wildman–Crippen MR) is 116 cm³/mol. The van der Waals surface area contributed by atoms with Gasteiger partial charge in [0, 0.05) is 16.7 Å². The van der Waals surface area contributed by atoms with E-state index in [0.717, 1.165) is 5.56 Å². The van der Waals surface area contributed by atoms with E-state index in [4.69, 9.17) is 25.6 Å². The largest absolute Gasteiger partial charge is 0.465 e. The zero-order valence-corrected chi connectivity index (χ0v) is 18.1. The number of benzene rings is 2. The lowest BCUT2D eigenvalue weighted by Gasteiger charge is -2.15. The van der Waals surface area contributed by atoms with Crippen molar-refractivity contribution in [3.8, 4) is 11.3 Å². The van der Waals surface area contributed by atoms with E-state index in [2.05, 4.69) is 10.5 Å². The number of carbonyl (C=O) groups excluding carboxylic acids is 3. The number of ether oxygens (including phenoxy) is 2. The van der Waals surface area contributed by atoms with Gasteiger partial charge in [-0.15, -0.1) is 0 Å². The first-order valence-electron chi connectivity index (χ1n) is 9.73. The summed E-state index contributed by atoms with van der Waals surface area (Å²) in [7, 11) is 2.48. The summed E-state index contributed by atoms with van der Waals surface area (Å²) in [5.41, 5.74) is 0.838. The van der Waals surface area contributed by atoms with Gasteiger partial charge in [-0.25, -0.2) is 9.59 Å². The van der Waals surface area contributed by atoms with E-state index in [0.29, 0.717) is 29.3 Å². The number of methoxy groups -OCH3 is 2. The number of hydrogen-bond donors (Lipinski definition) is 1. The number of hydrogen-bond acceptors (Lipinski definition) is 7. The molecule has 2 aromatic carbocycles. The van der Waals surface area contributed by atoms with Gasteiger partial charge in [-0.1, -0.05) is 16.8 Å². The SMILES string of the molecule is COC(=O)c1ccc(C(=O)OC)c(NC(=O)C2(c3cc(-c4ccc(Cl)cc4)on3)CC2)c1. The van der Waals surface area contributed by atoms with Gasteiger partial charge < -0.3 is 19.3 Å². The fourth-order valence-corrected chi connectivity index (χ4v) is 3.52. The van der Waals surface area contributed by atoms with Gasteiger partial charge in [-0.05, 0) is 55.3 Å². The third-order valence-corrected chi connectivity index (χ3v) is 5.66. The van der Waals surface area contributed by atoms with Crippen LogP contribution in [0.1, 0.15) is 39.3 Å². The van der Waals surface area contributed by atoms with Crippen LogP contribution in [0.5, 0.6) is 0 Å². The van der Waals surface area contributed by atoms with E-state index in [1.807, 2.05) is 0 Å². The summed E-state index contributed by atoms with van der Waals surface area (Å²) in [4.78, 5) is 37.3. The Labute approximate surface area is 188 Å². The summed E-state index contributed by atoms with van der Waals surface area (Å²) in [6.45, 7) is 0. The lowest BCUT2D eigenvalue weighted by Crippen LogP contribution is -2.29. The van der Waals surface area contributed by atoms with Crippen LogP contribution in [0.4, 0.5) is 5.69 Å². The number of nitrogens with one attached hydrogen (secondary N) is 1. The second kappa shape index (κ2) is 8.47. The Hall–Kier alpha value is -3.65. The van der Waals surface area contributed by atoms with Gasteiger partial charge in [0.25, 0.3) is 0 Å². The lowest BCUT2D eigenvalue weighted by molar-refractivity contribution is -0.118. The fraction of sp³-hybridized carbons (Fsp3) is 0.217. The molecule has 1 aliphatic rings. The standard InChI is InChI=1S/C23H19ClN2O6/c1-30-20(27)14-5-8-16(21(28)31-2)17(11-14)25-22(29)23(9-10-23)19-12-18(32-26-19)13-3-6-15(24)7-4-13/h3-8,11-12H,9-10H2,1-2H3,(H,25,29). The summed E-state index contributed by atoms with van der Waals surface area (Å²) in [6, 6.07) is 13.0. The average Bonchev–Trinajstić information content (AvgIpc) is 3.48. The van der Waals surface area contributed by atoms with Gasteiger partial charge in [-0.3, -0.25) is 4.79 Å². The van der Waals surface area contributed by atoms with E-state index in [1.54, 1.807) is 30.3 Å². The monoisotopic (exact) mass is 454 g/mol. The van der Waals surface area contributed by atoms with Gasteiger partial charge in [0.15, 0.2) is 5.76 Å². The summed E-state index contributed by atoms with van der Waals surface area (Å²) in [5, 5.41) is 7.47. The molecular formula is C23H19ClN2O6. The number of esters is 2. The summed E-state index contributed by atoms with van der Waals surface area (Å²) in [6.07, 6.45) is 1.13. The molecule has 0 spiro atoms. The molecule has 9 heteroatoms. The molecule has 3 aromatic rings. The van der Waals surface area contributed by atoms with Crippen molar-refractivity contribution in [3.05, 3.63) is 70.4 Å². The molecule has 0 unspecified atom stereocenters. The molecule has 1 aromatic heterocycles. The molecule has 0 radical (unpaired) electrons. The van der Waals surface area contributed by atoms with Crippen LogP contribution in [0.15, 0.2) is 53.1 Å². The summed E-state index contributed by atoms with van der Waals surface area (Å²) < 4.78 is 15.0. The Morgan fingerprint density at radius 3 is 2.31 bits per heavy atom. The van der Waals surface area contributed by atoms with Gasteiger partial charge in [0.2, 0.25) is 5.91 Å². The molecule has 4 rings (SSSR count). The molecule has 1 fully saturated rings. The quantitative estimate of drug-likeness (QED) is 0.555. The van der Waals surface area contributed by atoms with Crippen LogP contribution in [0.2, 0.25) is 5.02 Å². The Morgan fingerprint density at radius 1 is 1.00 bits per heavy atom. The number of anilines is 1. The molecule has 0 atom stereocenters. The molecule has 0 bridgehead atoms. The lowest BCUT2D eigenvalue weighted by atomic mass is 9.99. The Bertz CT molecular complexity index is 1200. The zero-order chi connectivity index (χ0) is 22.9. The molecule has 1 amide bonds. The minimum Gasteiger partial charge on any atom is -0.465 e. The first-order chi connectivity index (χ1) is 15.4. The molecule has 1 heterocycles. The van der Waals surface area contributed by atoms with Gasteiger partial charge >= 0.3 is 11.9 Å². The molecule has 0 aliphatic heterocycles. The number of rotatable bonds is 6. The highest BCUT2D eigenvalue weighted by molar-refractivity contribution is 6.30. The van der Waals surface area contributed by atoms with E-state index in [9.17, 15) is 14.4 Å². The summed E-state index contributed by atoms with van der Waals surface area (Å²) >= 11 is 5.93. The second-order valence-corrected chi connectivity index (χ2v) is 7.80. The number of aromatic nitrogens is 1. The molecular weight excluding hydrogens is 436 g/mol. The summed E-state index contributed by atoms with van der Waals surface area (Å²) in [5.74, 6) is -1.09. The maximum absolute atomic E-state index is 13.2. The maximum Gasteiger partial charge on any atom is 0.339 e. The first-order valence-corrected chi connectivity index (χ1v) is 10.1. The van der Waals surface area contributed by atoms with Crippen molar-refractivity contribution in [2.75, 3.05) is 19.5 Å². The van der Waals surface area contributed by atoms with E-state index in [-0.39, 0.29) is 22.7 Å². The average molecular weight is 455 g/mol. The molecule has 8 nitrogen and oxygen atoms in total. The Balaban J connectivity index is 1.62. The van der Waals surface area contributed by atoms with Crippen LogP contribution in [-0.4, -0.2) is 37.2 Å². The van der Waals surface area contributed by atoms with Gasteiger partial charge in [0.05, 0.1) is 42.1 Å². The van der Waals surface area contributed by atoms with Crippen LogP contribution in [0, 0.1) is 0 Å². The molecule has 1 saturated carbocycles. The number of carbonyl (C=O) groups is 3. The highest BCUT2D eigenvalue weighted by atomic mass is 35.5. The molecule has 32 heavy (non-hydrogen) atoms. The highest BCUT2D eigenvalue weighted by Gasteiger charge is 2.54. The van der Waals surface area contributed by atoms with Crippen molar-refractivity contribution < 1.29 is 28.4 Å². The third kappa shape index (κ3) is 3.97. The predicted octanol–water partition coefficient (Wildman–Crippen LogP) is 4.24. The minimum atomic E-state index is -0.886. The van der Waals surface area contributed by atoms with Gasteiger partial charge in [0.1, 0.15) is 0 Å². The van der Waals surface area contributed by atoms with Crippen molar-refractivity contribution in [2.45, 2.75) is 18.3 Å². The van der Waals surface area contributed by atoms with Crippen molar-refractivity contribution in [3.63, 3.8) is 0 Å².